The molecule has 6 heteroatoms. The van der Waals surface area contributed by atoms with Crippen LogP contribution in [0.15, 0.2) is 0 Å². The molecule has 0 saturated carbocycles. The molecule has 0 aliphatic carbocycles. The van der Waals surface area contributed by atoms with Crippen molar-refractivity contribution in [3.05, 3.63) is 0 Å². The van der Waals surface area contributed by atoms with Gasteiger partial charge >= 0.3 is 0 Å². The average molecular weight is 219 g/mol. The molecule has 0 fully saturated rings. The zero-order valence-corrected chi connectivity index (χ0v) is 9.34. The topological polar surface area (TPSA) is 89.4 Å². The number of amides is 2. The van der Waals surface area contributed by atoms with Crippen LogP contribution in [0.1, 0.15) is 6.42 Å². The molecule has 0 saturated heterocycles. The van der Waals surface area contributed by atoms with E-state index in [1.54, 1.807) is 18.8 Å². The monoisotopic (exact) mass is 219 g/mol. The van der Waals surface area contributed by atoms with Crippen LogP contribution in [-0.2, 0) is 9.59 Å². The van der Waals surface area contributed by atoms with Gasteiger partial charge < -0.3 is 16.4 Å². The van der Waals surface area contributed by atoms with Gasteiger partial charge in [0, 0.05) is 19.3 Å². The van der Waals surface area contributed by atoms with Gasteiger partial charge in [-0.05, 0) is 6.26 Å². The van der Waals surface area contributed by atoms with Crippen LogP contribution in [0.3, 0.4) is 0 Å². The molecule has 0 aromatic carbocycles. The molecule has 2 amide bonds. The van der Waals surface area contributed by atoms with E-state index >= 15 is 0 Å². The summed E-state index contributed by atoms with van der Waals surface area (Å²) < 4.78 is 0. The van der Waals surface area contributed by atoms with Gasteiger partial charge in [-0.15, -0.1) is 0 Å². The first kappa shape index (κ1) is 13.2. The second-order valence-electron chi connectivity index (χ2n) is 3.03. The van der Waals surface area contributed by atoms with E-state index in [1.165, 1.54) is 4.90 Å². The van der Waals surface area contributed by atoms with E-state index in [0.717, 1.165) is 5.75 Å². The van der Waals surface area contributed by atoms with E-state index < -0.39 is 11.9 Å². The summed E-state index contributed by atoms with van der Waals surface area (Å²) in [6.07, 6.45) is 1.87. The Balaban J connectivity index is 3.97. The highest BCUT2D eigenvalue weighted by atomic mass is 32.2. The van der Waals surface area contributed by atoms with Gasteiger partial charge in [0.05, 0.1) is 12.5 Å². The molecule has 0 aromatic heterocycles. The van der Waals surface area contributed by atoms with Crippen molar-refractivity contribution < 1.29 is 9.59 Å². The van der Waals surface area contributed by atoms with E-state index in [4.69, 9.17) is 11.5 Å². The van der Waals surface area contributed by atoms with Gasteiger partial charge in [-0.1, -0.05) is 0 Å². The van der Waals surface area contributed by atoms with E-state index in [-0.39, 0.29) is 12.3 Å². The summed E-state index contributed by atoms with van der Waals surface area (Å²) in [6.45, 7) is 0.631. The lowest BCUT2D eigenvalue weighted by Gasteiger charge is -2.19. The maximum atomic E-state index is 11.5. The molecule has 0 rings (SSSR count). The van der Waals surface area contributed by atoms with E-state index in [2.05, 4.69) is 0 Å². The summed E-state index contributed by atoms with van der Waals surface area (Å²) in [4.78, 5) is 23.5. The smallest absolute Gasteiger partial charge is 0.239 e. The van der Waals surface area contributed by atoms with Crippen molar-refractivity contribution >= 4 is 23.6 Å². The Hall–Kier alpha value is -0.750. The van der Waals surface area contributed by atoms with Crippen LogP contribution in [0.25, 0.3) is 0 Å². The third-order valence-corrected chi connectivity index (χ3v) is 2.34. The molecule has 0 heterocycles. The fourth-order valence-corrected chi connectivity index (χ4v) is 1.38. The number of nitrogens with zero attached hydrogens (tertiary/aromatic N) is 1. The summed E-state index contributed by atoms with van der Waals surface area (Å²) in [5.41, 5.74) is 10.4. The Morgan fingerprint density at radius 1 is 1.50 bits per heavy atom. The number of carbonyl (C=O) groups is 2. The maximum Gasteiger partial charge on any atom is 0.239 e. The van der Waals surface area contributed by atoms with Crippen molar-refractivity contribution in [2.24, 2.45) is 11.5 Å². The van der Waals surface area contributed by atoms with Gasteiger partial charge in [-0.2, -0.15) is 11.8 Å². The second kappa shape index (κ2) is 6.67. The molecule has 0 aliphatic rings. The highest BCUT2D eigenvalue weighted by Crippen LogP contribution is 1.97. The Labute approximate surface area is 88.2 Å². The lowest BCUT2D eigenvalue weighted by Crippen LogP contribution is -2.44. The molecular formula is C8H17N3O2S. The molecule has 1 atom stereocenters. The predicted octanol–water partition coefficient (Wildman–Crippen LogP) is -0.989. The van der Waals surface area contributed by atoms with Crippen LogP contribution in [-0.4, -0.2) is 48.4 Å². The van der Waals surface area contributed by atoms with Crippen molar-refractivity contribution in [1.82, 2.24) is 4.90 Å². The van der Waals surface area contributed by atoms with Crippen molar-refractivity contribution in [1.29, 1.82) is 0 Å². The Kier molecular flexibility index (Phi) is 6.31. The number of likely N-dealkylation sites (N-methyl/N-ethyl adjacent to an activating group) is 1. The summed E-state index contributed by atoms with van der Waals surface area (Å²) in [5, 5.41) is 0. The zero-order valence-electron chi connectivity index (χ0n) is 8.53. The molecule has 82 valence electrons. The van der Waals surface area contributed by atoms with Crippen molar-refractivity contribution in [3.63, 3.8) is 0 Å². The summed E-state index contributed by atoms with van der Waals surface area (Å²) in [6, 6.07) is -0.806. The van der Waals surface area contributed by atoms with Gasteiger partial charge in [0.15, 0.2) is 0 Å². The Morgan fingerprint density at radius 2 is 2.07 bits per heavy atom. The highest BCUT2D eigenvalue weighted by Gasteiger charge is 2.19. The quantitative estimate of drug-likeness (QED) is 0.600. The van der Waals surface area contributed by atoms with Gasteiger partial charge in [0.25, 0.3) is 0 Å². The van der Waals surface area contributed by atoms with Gasteiger partial charge in [-0.25, -0.2) is 0 Å². The van der Waals surface area contributed by atoms with Crippen molar-refractivity contribution in [2.75, 3.05) is 25.6 Å². The molecule has 0 aliphatic heterocycles. The molecule has 0 radical (unpaired) electrons. The van der Waals surface area contributed by atoms with Crippen LogP contribution in [0.4, 0.5) is 0 Å². The number of thioether (sulfide) groups is 1. The van der Waals surface area contributed by atoms with Crippen LogP contribution < -0.4 is 11.5 Å². The Bertz CT molecular complexity index is 211. The minimum Gasteiger partial charge on any atom is -0.370 e. The summed E-state index contributed by atoms with van der Waals surface area (Å²) in [5.74, 6) is 0.0629. The number of nitrogens with two attached hydrogens (primary N) is 2. The number of hydrogen-bond donors (Lipinski definition) is 2. The molecule has 5 nitrogen and oxygen atoms in total. The maximum absolute atomic E-state index is 11.5. The second-order valence-corrected chi connectivity index (χ2v) is 4.02. The fourth-order valence-electron chi connectivity index (χ4n) is 0.926. The molecule has 0 spiro atoms. The zero-order chi connectivity index (χ0) is 11.1. The fraction of sp³-hybridized carbons (Fsp3) is 0.750. The van der Waals surface area contributed by atoms with Gasteiger partial charge in [0.1, 0.15) is 0 Å². The highest BCUT2D eigenvalue weighted by molar-refractivity contribution is 7.98. The van der Waals surface area contributed by atoms with Crippen molar-refractivity contribution in [2.45, 2.75) is 12.5 Å². The lowest BCUT2D eigenvalue weighted by atomic mass is 10.2. The first-order valence-corrected chi connectivity index (χ1v) is 5.66. The van der Waals surface area contributed by atoms with Crippen molar-refractivity contribution in [3.8, 4) is 0 Å². The molecule has 14 heavy (non-hydrogen) atoms. The third kappa shape index (κ3) is 5.08. The predicted molar refractivity (Wildman–Crippen MR) is 57.8 cm³/mol. The molecular weight excluding hydrogens is 202 g/mol. The number of primary amides is 1. The van der Waals surface area contributed by atoms with Gasteiger partial charge in [-0.3, -0.25) is 9.59 Å². The molecule has 1 unspecified atom stereocenters. The molecule has 0 bridgehead atoms. The van der Waals surface area contributed by atoms with Crippen LogP contribution in [0.5, 0.6) is 0 Å². The third-order valence-electron chi connectivity index (χ3n) is 1.75. The van der Waals surface area contributed by atoms with E-state index in [9.17, 15) is 9.59 Å². The largest absolute Gasteiger partial charge is 0.370 e. The molecule has 0 aromatic rings. The van der Waals surface area contributed by atoms with E-state index in [0.29, 0.717) is 6.54 Å². The minimum absolute atomic E-state index is 0.0948. The first-order valence-electron chi connectivity index (χ1n) is 4.26. The van der Waals surface area contributed by atoms with Gasteiger partial charge in [0.2, 0.25) is 11.8 Å². The average Bonchev–Trinajstić information content (AvgIpc) is 2.11. The summed E-state index contributed by atoms with van der Waals surface area (Å²) in [7, 11) is 1.67. The Morgan fingerprint density at radius 3 is 2.50 bits per heavy atom. The molecule has 4 N–H and O–H groups in total. The minimum atomic E-state index is -0.806. The van der Waals surface area contributed by atoms with E-state index in [1.807, 2.05) is 6.26 Å². The van der Waals surface area contributed by atoms with Crippen LogP contribution in [0, 0.1) is 0 Å². The normalized spacial score (nSPS) is 12.2. The number of hydrogen-bond acceptors (Lipinski definition) is 4. The van der Waals surface area contributed by atoms with Crippen LogP contribution >= 0.6 is 11.8 Å². The lowest BCUT2D eigenvalue weighted by molar-refractivity contribution is -0.133. The summed E-state index contributed by atoms with van der Waals surface area (Å²) >= 11 is 1.65. The SMILES string of the molecule is CSCCN(C)C(=O)C(N)CC(N)=O. The first-order chi connectivity index (χ1) is 6.49. The number of rotatable bonds is 6. The standard InChI is InChI=1S/C8H17N3O2S/c1-11(3-4-14-2)8(13)6(9)5-7(10)12/h6H,3-5,9H2,1-2H3,(H2,10,12). The number of carbonyl (C=O) groups excluding carboxylic acids is 2. The van der Waals surface area contributed by atoms with Crippen LogP contribution in [0.2, 0.25) is 0 Å².